The largest absolute Gasteiger partial charge is 0.416 e. The van der Waals surface area contributed by atoms with Crippen LogP contribution in [0.25, 0.3) is 0 Å². The Hall–Kier alpha value is -1.77. The molecule has 9 heteroatoms. The van der Waals surface area contributed by atoms with Crippen LogP contribution in [0.4, 0.5) is 26.3 Å². The van der Waals surface area contributed by atoms with E-state index in [-0.39, 0.29) is 24.3 Å². The number of alkyl halides is 6. The number of hydrogen-bond acceptors (Lipinski definition) is 2. The van der Waals surface area contributed by atoms with Crippen molar-refractivity contribution in [2.24, 2.45) is 0 Å². The molecule has 0 radical (unpaired) electrons. The minimum Gasteiger partial charge on any atom is -0.372 e. The van der Waals surface area contributed by atoms with Gasteiger partial charge in [-0.1, -0.05) is 23.7 Å². The van der Waals surface area contributed by atoms with Crippen LogP contribution in [-0.4, -0.2) is 12.6 Å². The van der Waals surface area contributed by atoms with Crippen molar-refractivity contribution in [3.05, 3.63) is 69.7 Å². The molecule has 1 N–H and O–H groups in total. The number of rotatable bonds is 4. The zero-order valence-electron chi connectivity index (χ0n) is 15.1. The molecule has 0 bridgehead atoms. The molecular weight excluding hydrogens is 420 g/mol. The Bertz CT molecular complexity index is 802. The summed E-state index contributed by atoms with van der Waals surface area (Å²) in [4.78, 5) is 0. The minimum atomic E-state index is -4.88. The standard InChI is InChI=1S/C20H18ClF6NO/c21-16-5-3-13(4-6-16)18-17(2-1-7-28-18)29-11-12-8-14(19(22,23)24)10-15(9-12)20(25,26)27/h3-6,8-10,17-18,28H,1-2,7,11H2/t17-,18-/m1/s1. The van der Waals surface area contributed by atoms with Gasteiger partial charge < -0.3 is 10.1 Å². The molecule has 1 heterocycles. The second kappa shape index (κ2) is 8.53. The number of piperidine rings is 1. The van der Waals surface area contributed by atoms with Crippen molar-refractivity contribution in [1.29, 1.82) is 0 Å². The number of halogens is 7. The Morgan fingerprint density at radius 1 is 0.931 bits per heavy atom. The average molecular weight is 438 g/mol. The zero-order valence-corrected chi connectivity index (χ0v) is 15.8. The van der Waals surface area contributed by atoms with Crippen molar-refractivity contribution in [1.82, 2.24) is 5.32 Å². The molecule has 0 aromatic heterocycles. The first-order valence-corrected chi connectivity index (χ1v) is 9.30. The summed E-state index contributed by atoms with van der Waals surface area (Å²) < 4.78 is 83.9. The van der Waals surface area contributed by atoms with E-state index in [9.17, 15) is 26.3 Å². The van der Waals surface area contributed by atoms with Crippen molar-refractivity contribution in [2.75, 3.05) is 6.54 Å². The van der Waals surface area contributed by atoms with Crippen LogP contribution < -0.4 is 5.32 Å². The van der Waals surface area contributed by atoms with Crippen molar-refractivity contribution in [2.45, 2.75) is 43.9 Å². The molecule has 1 aliphatic rings. The van der Waals surface area contributed by atoms with Crippen LogP contribution in [-0.2, 0) is 23.7 Å². The fraction of sp³-hybridized carbons (Fsp3) is 0.400. The summed E-state index contributed by atoms with van der Waals surface area (Å²) in [6.45, 7) is 0.373. The SMILES string of the molecule is FC(F)(F)c1cc(CO[C@@H]2CCCN[C@@H]2c2ccc(Cl)cc2)cc(C(F)(F)F)c1. The number of nitrogens with one attached hydrogen (secondary N) is 1. The lowest BCUT2D eigenvalue weighted by molar-refractivity contribution is -0.143. The van der Waals surface area contributed by atoms with E-state index in [1.807, 2.05) is 12.1 Å². The van der Waals surface area contributed by atoms with E-state index in [4.69, 9.17) is 16.3 Å². The summed E-state index contributed by atoms with van der Waals surface area (Å²) >= 11 is 5.90. The van der Waals surface area contributed by atoms with E-state index in [2.05, 4.69) is 5.32 Å². The van der Waals surface area contributed by atoms with Gasteiger partial charge in [0.05, 0.1) is 29.9 Å². The second-order valence-corrected chi connectivity index (χ2v) is 7.33. The molecule has 0 aliphatic carbocycles. The Balaban J connectivity index is 1.80. The highest BCUT2D eigenvalue weighted by Crippen LogP contribution is 2.37. The first kappa shape index (κ1) is 21.9. The Kier molecular flexibility index (Phi) is 6.45. The lowest BCUT2D eigenvalue weighted by Crippen LogP contribution is -2.39. The summed E-state index contributed by atoms with van der Waals surface area (Å²) in [5, 5.41) is 3.85. The van der Waals surface area contributed by atoms with Gasteiger partial charge in [-0.25, -0.2) is 0 Å². The van der Waals surface area contributed by atoms with Crippen LogP contribution >= 0.6 is 11.6 Å². The normalized spacial score (nSPS) is 20.7. The lowest BCUT2D eigenvalue weighted by Gasteiger charge is -2.33. The predicted molar refractivity (Wildman–Crippen MR) is 96.5 cm³/mol. The van der Waals surface area contributed by atoms with E-state index in [0.29, 0.717) is 23.6 Å². The molecule has 1 aliphatic heterocycles. The highest BCUT2D eigenvalue weighted by molar-refractivity contribution is 6.30. The van der Waals surface area contributed by atoms with Crippen LogP contribution in [0.5, 0.6) is 0 Å². The quantitative estimate of drug-likeness (QED) is 0.560. The highest BCUT2D eigenvalue weighted by Gasteiger charge is 2.37. The third-order valence-electron chi connectivity index (χ3n) is 4.74. The Morgan fingerprint density at radius 2 is 1.52 bits per heavy atom. The van der Waals surface area contributed by atoms with Crippen LogP contribution in [0, 0.1) is 0 Å². The summed E-state index contributed by atoms with van der Waals surface area (Å²) in [6, 6.07) is 8.34. The Morgan fingerprint density at radius 3 is 2.07 bits per heavy atom. The van der Waals surface area contributed by atoms with Crippen LogP contribution in [0.1, 0.15) is 41.1 Å². The monoisotopic (exact) mass is 437 g/mol. The lowest BCUT2D eigenvalue weighted by atomic mass is 9.94. The van der Waals surface area contributed by atoms with Gasteiger partial charge in [0.25, 0.3) is 0 Å². The maximum absolute atomic E-state index is 13.0. The van der Waals surface area contributed by atoms with Crippen molar-refractivity contribution in [3.63, 3.8) is 0 Å². The predicted octanol–water partition coefficient (Wildman–Crippen LogP) is 6.39. The molecule has 1 fully saturated rings. The molecule has 1 saturated heterocycles. The van der Waals surface area contributed by atoms with Gasteiger partial charge in [-0.05, 0) is 60.8 Å². The third-order valence-corrected chi connectivity index (χ3v) is 4.99. The molecule has 2 atom stereocenters. The molecule has 0 saturated carbocycles. The van der Waals surface area contributed by atoms with Gasteiger partial charge in [-0.2, -0.15) is 26.3 Å². The van der Waals surface area contributed by atoms with Crippen LogP contribution in [0.3, 0.4) is 0 Å². The average Bonchev–Trinajstić information content (AvgIpc) is 2.66. The summed E-state index contributed by atoms with van der Waals surface area (Å²) in [7, 11) is 0. The van der Waals surface area contributed by atoms with Crippen molar-refractivity contribution >= 4 is 11.6 Å². The molecule has 0 amide bonds. The van der Waals surface area contributed by atoms with E-state index < -0.39 is 29.6 Å². The van der Waals surface area contributed by atoms with Gasteiger partial charge in [-0.3, -0.25) is 0 Å². The molecule has 2 aromatic carbocycles. The summed E-state index contributed by atoms with van der Waals surface area (Å²) in [5.41, 5.74) is -1.98. The summed E-state index contributed by atoms with van der Waals surface area (Å²) in [6.07, 6.45) is -8.74. The van der Waals surface area contributed by atoms with Gasteiger partial charge in [0.1, 0.15) is 0 Å². The van der Waals surface area contributed by atoms with Gasteiger partial charge in [0.15, 0.2) is 0 Å². The molecule has 2 aromatic rings. The van der Waals surface area contributed by atoms with Crippen molar-refractivity contribution < 1.29 is 31.1 Å². The highest BCUT2D eigenvalue weighted by atomic mass is 35.5. The minimum absolute atomic E-state index is 0.113. The van der Waals surface area contributed by atoms with E-state index >= 15 is 0 Å². The number of ether oxygens (including phenoxy) is 1. The van der Waals surface area contributed by atoms with Gasteiger partial charge in [0.2, 0.25) is 0 Å². The third kappa shape index (κ3) is 5.65. The first-order chi connectivity index (χ1) is 13.5. The summed E-state index contributed by atoms with van der Waals surface area (Å²) in [5.74, 6) is 0. The number of benzene rings is 2. The van der Waals surface area contributed by atoms with Crippen molar-refractivity contribution in [3.8, 4) is 0 Å². The van der Waals surface area contributed by atoms with E-state index in [1.54, 1.807) is 12.1 Å². The van der Waals surface area contributed by atoms with Crippen LogP contribution in [0.15, 0.2) is 42.5 Å². The first-order valence-electron chi connectivity index (χ1n) is 8.93. The number of hydrogen-bond donors (Lipinski definition) is 1. The molecule has 29 heavy (non-hydrogen) atoms. The van der Waals surface area contributed by atoms with Gasteiger partial charge in [0, 0.05) is 5.02 Å². The molecular formula is C20H18ClF6NO. The molecule has 0 unspecified atom stereocenters. The smallest absolute Gasteiger partial charge is 0.372 e. The van der Waals surface area contributed by atoms with Gasteiger partial charge in [-0.15, -0.1) is 0 Å². The maximum atomic E-state index is 13.0. The Labute approximate surface area is 168 Å². The second-order valence-electron chi connectivity index (χ2n) is 6.89. The van der Waals surface area contributed by atoms with E-state index in [0.717, 1.165) is 18.5 Å². The topological polar surface area (TPSA) is 21.3 Å². The maximum Gasteiger partial charge on any atom is 0.416 e. The van der Waals surface area contributed by atoms with E-state index in [1.165, 1.54) is 0 Å². The van der Waals surface area contributed by atoms with Gasteiger partial charge >= 0.3 is 12.4 Å². The molecule has 158 valence electrons. The molecule has 3 rings (SSSR count). The molecule has 2 nitrogen and oxygen atoms in total. The zero-order chi connectivity index (χ0) is 21.2. The fourth-order valence-electron chi connectivity index (χ4n) is 3.35. The fourth-order valence-corrected chi connectivity index (χ4v) is 3.47. The molecule has 0 spiro atoms. The van der Waals surface area contributed by atoms with Crippen LogP contribution in [0.2, 0.25) is 5.02 Å².